The number of halogens is 2. The van der Waals surface area contributed by atoms with Gasteiger partial charge in [-0.25, -0.2) is 8.78 Å². The summed E-state index contributed by atoms with van der Waals surface area (Å²) in [5, 5.41) is 14.4. The van der Waals surface area contributed by atoms with Crippen LogP contribution in [0.4, 0.5) is 8.78 Å². The van der Waals surface area contributed by atoms with E-state index in [1.165, 1.54) is 35.9 Å². The lowest BCUT2D eigenvalue weighted by atomic mass is 9.96. The number of amides is 3. The third-order valence-electron chi connectivity index (χ3n) is 7.83. The van der Waals surface area contributed by atoms with Gasteiger partial charge in [0.2, 0.25) is 17.7 Å². The van der Waals surface area contributed by atoms with E-state index in [9.17, 15) is 28.3 Å². The number of nitrogens with one attached hydrogen (secondary N) is 1. The van der Waals surface area contributed by atoms with Gasteiger partial charge in [0, 0.05) is 38.7 Å². The number of aliphatic hydroxyl groups excluding tert-OH is 1. The molecule has 8 nitrogen and oxygen atoms in total. The maximum atomic E-state index is 14.3. The van der Waals surface area contributed by atoms with Gasteiger partial charge in [0.25, 0.3) is 0 Å². The maximum Gasteiger partial charge on any atom is 0.246 e. The molecule has 3 aromatic carbocycles. The van der Waals surface area contributed by atoms with Crippen LogP contribution in [-0.2, 0) is 27.2 Å². The Morgan fingerprint density at radius 1 is 0.935 bits per heavy atom. The first-order valence-corrected chi connectivity index (χ1v) is 15.4. The summed E-state index contributed by atoms with van der Waals surface area (Å²) in [6.45, 7) is 7.02. The minimum absolute atomic E-state index is 0.0387. The lowest BCUT2D eigenvalue weighted by molar-refractivity contribution is -0.146. The Bertz CT molecular complexity index is 1570. The van der Waals surface area contributed by atoms with Crippen molar-refractivity contribution in [3.63, 3.8) is 0 Å². The van der Waals surface area contributed by atoms with Crippen LogP contribution in [0.1, 0.15) is 51.7 Å². The molecule has 248 valence electrons. The summed E-state index contributed by atoms with van der Waals surface area (Å²) in [5.74, 6) is -3.36. The third-order valence-corrected chi connectivity index (χ3v) is 7.83. The van der Waals surface area contributed by atoms with E-state index in [-0.39, 0.29) is 31.7 Å². The molecule has 0 bridgehead atoms. The molecule has 3 rings (SSSR count). The van der Waals surface area contributed by atoms with Crippen LogP contribution in [0.2, 0.25) is 0 Å². The van der Waals surface area contributed by atoms with Gasteiger partial charge in [-0.1, -0.05) is 54.1 Å². The topological polar surface area (TPSA) is 116 Å². The number of aryl methyl sites for hydroxylation is 1. The molecular formula is C36H46F2N4O4. The molecule has 0 fully saturated rings. The van der Waals surface area contributed by atoms with E-state index in [0.717, 1.165) is 34.0 Å². The van der Waals surface area contributed by atoms with Gasteiger partial charge in [-0.05, 0) is 81.0 Å². The number of nitrogens with zero attached hydrogens (tertiary/aromatic N) is 2. The molecule has 0 radical (unpaired) electrons. The van der Waals surface area contributed by atoms with E-state index in [1.807, 2.05) is 63.2 Å². The SMILES string of the molecule is C/C(=C\C(=O)N(C)[C@H](Cc1ccc2ccccc2c1)C(=O)N(C)[C@H](CCc1ccc(F)c(F)c1)C(=O)NC[C@@H](C)O)CC(C)(C)N. The molecule has 46 heavy (non-hydrogen) atoms. The normalized spacial score (nSPS) is 14.0. The predicted molar refractivity (Wildman–Crippen MR) is 177 cm³/mol. The number of benzene rings is 3. The summed E-state index contributed by atoms with van der Waals surface area (Å²) in [4.78, 5) is 43.9. The summed E-state index contributed by atoms with van der Waals surface area (Å²) in [6.07, 6.45) is 1.56. The van der Waals surface area contributed by atoms with E-state index in [1.54, 1.807) is 7.05 Å². The van der Waals surface area contributed by atoms with Crippen molar-refractivity contribution in [2.75, 3.05) is 20.6 Å². The number of likely N-dealkylation sites (N-methyl/N-ethyl adjacent to an activating group) is 2. The van der Waals surface area contributed by atoms with Crippen molar-refractivity contribution < 1.29 is 28.3 Å². The summed E-state index contributed by atoms with van der Waals surface area (Å²) < 4.78 is 27.5. The molecular weight excluding hydrogens is 590 g/mol. The highest BCUT2D eigenvalue weighted by Gasteiger charge is 2.35. The van der Waals surface area contributed by atoms with Gasteiger partial charge in [-0.15, -0.1) is 0 Å². The third kappa shape index (κ3) is 10.5. The Morgan fingerprint density at radius 3 is 2.22 bits per heavy atom. The van der Waals surface area contributed by atoms with Crippen molar-refractivity contribution >= 4 is 28.5 Å². The quantitative estimate of drug-likeness (QED) is 0.225. The zero-order chi connectivity index (χ0) is 34.2. The molecule has 0 heterocycles. The zero-order valence-electron chi connectivity index (χ0n) is 27.5. The predicted octanol–water partition coefficient (Wildman–Crippen LogP) is 4.52. The number of hydrogen-bond acceptors (Lipinski definition) is 5. The minimum Gasteiger partial charge on any atom is -0.392 e. The van der Waals surface area contributed by atoms with Gasteiger partial charge in [0.05, 0.1) is 6.10 Å². The Labute approximate surface area is 270 Å². The second-order valence-corrected chi connectivity index (χ2v) is 12.9. The molecule has 3 aromatic rings. The van der Waals surface area contributed by atoms with Gasteiger partial charge in [0.15, 0.2) is 11.6 Å². The molecule has 4 N–H and O–H groups in total. The van der Waals surface area contributed by atoms with Crippen molar-refractivity contribution in [1.82, 2.24) is 15.1 Å². The van der Waals surface area contributed by atoms with Crippen LogP contribution < -0.4 is 11.1 Å². The Morgan fingerprint density at radius 2 is 1.59 bits per heavy atom. The molecule has 0 aromatic heterocycles. The molecule has 3 atom stereocenters. The lowest BCUT2D eigenvalue weighted by Crippen LogP contribution is -2.55. The van der Waals surface area contributed by atoms with Crippen LogP contribution in [0.25, 0.3) is 10.8 Å². The van der Waals surface area contributed by atoms with E-state index in [2.05, 4.69) is 5.32 Å². The number of hydrogen-bond donors (Lipinski definition) is 3. The molecule has 0 spiro atoms. The summed E-state index contributed by atoms with van der Waals surface area (Å²) >= 11 is 0. The smallest absolute Gasteiger partial charge is 0.246 e. The zero-order valence-corrected chi connectivity index (χ0v) is 27.5. The van der Waals surface area contributed by atoms with Crippen molar-refractivity contribution in [3.05, 3.63) is 95.1 Å². The Kier molecular flexibility index (Phi) is 12.6. The average molecular weight is 637 g/mol. The molecule has 0 aliphatic heterocycles. The van der Waals surface area contributed by atoms with Crippen LogP contribution in [-0.4, -0.2) is 77.0 Å². The molecule has 3 amide bonds. The fourth-order valence-electron chi connectivity index (χ4n) is 5.47. The van der Waals surface area contributed by atoms with E-state index >= 15 is 0 Å². The van der Waals surface area contributed by atoms with Crippen molar-refractivity contribution in [3.8, 4) is 0 Å². The fourth-order valence-corrected chi connectivity index (χ4v) is 5.47. The standard InChI is InChI=1S/C36H46F2N4O4/c1-23(21-36(3,4)39)17-33(44)41(5)32(20-26-11-14-27-9-7-8-10-28(27)18-26)35(46)42(6)31(34(45)40-22-24(2)43)16-13-25-12-15-29(37)30(38)19-25/h7-12,14-15,17-19,24,31-32,43H,13,16,20-22,39H2,1-6H3,(H,40,45)/b23-17+/t24-,31-,32-/m1/s1. The number of aliphatic hydroxyl groups is 1. The average Bonchev–Trinajstić information content (AvgIpc) is 2.98. The number of rotatable bonds is 14. The highest BCUT2D eigenvalue weighted by molar-refractivity contribution is 5.95. The maximum absolute atomic E-state index is 14.3. The molecule has 0 aliphatic rings. The highest BCUT2D eigenvalue weighted by atomic mass is 19.2. The van der Waals surface area contributed by atoms with Crippen LogP contribution in [0.3, 0.4) is 0 Å². The van der Waals surface area contributed by atoms with Gasteiger partial charge >= 0.3 is 0 Å². The summed E-state index contributed by atoms with van der Waals surface area (Å²) in [5.41, 5.74) is 7.67. The first-order valence-electron chi connectivity index (χ1n) is 15.4. The van der Waals surface area contributed by atoms with Gasteiger partial charge in [-0.3, -0.25) is 14.4 Å². The van der Waals surface area contributed by atoms with E-state index in [0.29, 0.717) is 12.0 Å². The first-order chi connectivity index (χ1) is 21.6. The molecule has 0 saturated carbocycles. The molecule has 0 aliphatic carbocycles. The van der Waals surface area contributed by atoms with Crippen LogP contribution >= 0.6 is 0 Å². The van der Waals surface area contributed by atoms with E-state index in [4.69, 9.17) is 5.73 Å². The molecule has 0 saturated heterocycles. The monoisotopic (exact) mass is 636 g/mol. The van der Waals surface area contributed by atoms with Gasteiger partial charge < -0.3 is 26.0 Å². The van der Waals surface area contributed by atoms with Gasteiger partial charge in [0.1, 0.15) is 12.1 Å². The van der Waals surface area contributed by atoms with Crippen molar-refractivity contribution in [1.29, 1.82) is 0 Å². The molecule has 0 unspecified atom stereocenters. The van der Waals surface area contributed by atoms with Crippen LogP contribution in [0.15, 0.2) is 72.3 Å². The number of fused-ring (bicyclic) bond motifs is 1. The summed E-state index contributed by atoms with van der Waals surface area (Å²) in [6, 6.07) is 15.2. The Balaban J connectivity index is 1.97. The van der Waals surface area contributed by atoms with Crippen LogP contribution in [0, 0.1) is 11.6 Å². The Hall–Kier alpha value is -4.15. The number of carbonyl (C=O) groups excluding carboxylic acids is 3. The first kappa shape index (κ1) is 36.3. The van der Waals surface area contributed by atoms with Crippen LogP contribution in [0.5, 0.6) is 0 Å². The number of carbonyl (C=O) groups is 3. The second-order valence-electron chi connectivity index (χ2n) is 12.9. The fraction of sp³-hybridized carbons (Fsp3) is 0.417. The van der Waals surface area contributed by atoms with E-state index < -0.39 is 47.2 Å². The number of nitrogens with two attached hydrogens (primary N) is 1. The van der Waals surface area contributed by atoms with Gasteiger partial charge in [-0.2, -0.15) is 0 Å². The van der Waals surface area contributed by atoms with Crippen molar-refractivity contribution in [2.24, 2.45) is 5.73 Å². The highest BCUT2D eigenvalue weighted by Crippen LogP contribution is 2.21. The van der Waals surface area contributed by atoms with Crippen molar-refractivity contribution in [2.45, 2.75) is 77.1 Å². The largest absolute Gasteiger partial charge is 0.392 e. The second kappa shape index (κ2) is 15.9. The summed E-state index contributed by atoms with van der Waals surface area (Å²) in [7, 11) is 3.05. The minimum atomic E-state index is -1.03. The lowest BCUT2D eigenvalue weighted by Gasteiger charge is -2.34. The molecule has 10 heteroatoms.